The van der Waals surface area contributed by atoms with Gasteiger partial charge in [0.05, 0.1) is 18.4 Å². The molecule has 0 spiro atoms. The summed E-state index contributed by atoms with van der Waals surface area (Å²) in [5, 5.41) is 11.1. The van der Waals surface area contributed by atoms with Crippen LogP contribution in [0.2, 0.25) is 0 Å². The summed E-state index contributed by atoms with van der Waals surface area (Å²) in [5.41, 5.74) is 2.69. The van der Waals surface area contributed by atoms with Gasteiger partial charge in [0.15, 0.2) is 0 Å². The zero-order chi connectivity index (χ0) is 22.8. The van der Waals surface area contributed by atoms with Crippen LogP contribution in [-0.2, 0) is 16.1 Å². The number of hydrogen-bond acceptors (Lipinski definition) is 5. The third kappa shape index (κ3) is 4.03. The fourth-order valence-electron chi connectivity index (χ4n) is 3.80. The van der Waals surface area contributed by atoms with Crippen molar-refractivity contribution < 1.29 is 19.4 Å². The molecule has 1 saturated heterocycles. The minimum Gasteiger partial charge on any atom is -0.507 e. The molecule has 1 N–H and O–H groups in total. The summed E-state index contributed by atoms with van der Waals surface area (Å²) in [7, 11) is 1.57. The topological polar surface area (TPSA) is 79.7 Å². The molecular weight excluding hydrogens is 472 g/mol. The van der Waals surface area contributed by atoms with Gasteiger partial charge in [0.2, 0.25) is 0 Å². The smallest absolute Gasteiger partial charge is 0.296 e. The summed E-state index contributed by atoms with van der Waals surface area (Å²) in [6.07, 6.45) is 1.60. The van der Waals surface area contributed by atoms with Crippen molar-refractivity contribution in [3.63, 3.8) is 0 Å². The number of halogens is 1. The van der Waals surface area contributed by atoms with E-state index < -0.39 is 17.7 Å². The molecule has 2 aromatic carbocycles. The summed E-state index contributed by atoms with van der Waals surface area (Å²) in [6.45, 7) is 2.05. The van der Waals surface area contributed by atoms with E-state index in [9.17, 15) is 14.7 Å². The van der Waals surface area contributed by atoms with Gasteiger partial charge in [-0.1, -0.05) is 40.2 Å². The van der Waals surface area contributed by atoms with Crippen LogP contribution in [0.15, 0.2) is 76.9 Å². The standard InChI is InChI=1S/C25H21BrN2O4/c1-15-12-17(9-10-19(15)26)23(29)21-22(20-8-3-4-11-27-20)28(25(31)24(21)30)14-16-6-5-7-18(13-16)32-2/h3-13,22,29H,14H2,1-2H3/b23-21-. The van der Waals surface area contributed by atoms with Gasteiger partial charge in [-0.2, -0.15) is 0 Å². The van der Waals surface area contributed by atoms with Crippen molar-refractivity contribution in [3.8, 4) is 5.75 Å². The number of pyridine rings is 1. The monoisotopic (exact) mass is 492 g/mol. The SMILES string of the molecule is COc1cccc(CN2C(=O)C(=O)/C(=C(\O)c3ccc(Br)c(C)c3)C2c2ccccn2)c1. The van der Waals surface area contributed by atoms with Crippen LogP contribution in [0, 0.1) is 6.92 Å². The maximum absolute atomic E-state index is 13.1. The first-order valence-electron chi connectivity index (χ1n) is 9.99. The van der Waals surface area contributed by atoms with Crippen LogP contribution < -0.4 is 4.74 Å². The Bertz CT molecular complexity index is 1220. The van der Waals surface area contributed by atoms with E-state index in [1.165, 1.54) is 4.90 Å². The van der Waals surface area contributed by atoms with Gasteiger partial charge in [0.25, 0.3) is 11.7 Å². The molecule has 2 heterocycles. The van der Waals surface area contributed by atoms with Gasteiger partial charge in [-0.25, -0.2) is 0 Å². The molecule has 3 aromatic rings. The van der Waals surface area contributed by atoms with Gasteiger partial charge in [0, 0.05) is 22.8 Å². The van der Waals surface area contributed by atoms with E-state index in [1.807, 2.05) is 31.2 Å². The fraction of sp³-hybridized carbons (Fsp3) is 0.160. The number of ether oxygens (including phenoxy) is 1. The molecule has 4 rings (SSSR count). The summed E-state index contributed by atoms with van der Waals surface area (Å²) in [4.78, 5) is 32.0. The number of Topliss-reactive ketones (excluding diaryl/α,β-unsaturated/α-hetero) is 1. The average molecular weight is 493 g/mol. The molecule has 1 atom stereocenters. The number of hydrogen-bond donors (Lipinski definition) is 1. The summed E-state index contributed by atoms with van der Waals surface area (Å²) >= 11 is 3.44. The van der Waals surface area contributed by atoms with Gasteiger partial charge >= 0.3 is 0 Å². The highest BCUT2D eigenvalue weighted by molar-refractivity contribution is 9.10. The van der Waals surface area contributed by atoms with Crippen molar-refractivity contribution in [2.45, 2.75) is 19.5 Å². The minimum atomic E-state index is -0.814. The fourth-order valence-corrected chi connectivity index (χ4v) is 4.05. The number of ketones is 1. The Balaban J connectivity index is 1.84. The van der Waals surface area contributed by atoms with Crippen LogP contribution >= 0.6 is 15.9 Å². The Labute approximate surface area is 194 Å². The lowest BCUT2D eigenvalue weighted by Crippen LogP contribution is -2.29. The molecule has 7 heteroatoms. The Morgan fingerprint density at radius 2 is 1.94 bits per heavy atom. The van der Waals surface area contributed by atoms with Crippen LogP contribution in [0.1, 0.15) is 28.4 Å². The summed E-state index contributed by atoms with van der Waals surface area (Å²) in [6, 6.07) is 17.1. The molecule has 6 nitrogen and oxygen atoms in total. The molecule has 1 aliphatic heterocycles. The lowest BCUT2D eigenvalue weighted by molar-refractivity contribution is -0.140. The maximum Gasteiger partial charge on any atom is 0.296 e. The number of likely N-dealkylation sites (tertiary alicyclic amines) is 1. The van der Waals surface area contributed by atoms with E-state index in [2.05, 4.69) is 20.9 Å². The first kappa shape index (κ1) is 21.8. The minimum absolute atomic E-state index is 0.0262. The molecule has 1 fully saturated rings. The predicted octanol–water partition coefficient (Wildman–Crippen LogP) is 4.78. The van der Waals surface area contributed by atoms with Crippen LogP contribution in [-0.4, -0.2) is 33.8 Å². The van der Waals surface area contributed by atoms with Crippen molar-refractivity contribution in [1.29, 1.82) is 0 Å². The molecule has 1 aliphatic rings. The number of aryl methyl sites for hydroxylation is 1. The number of nitrogens with zero attached hydrogens (tertiary/aromatic N) is 2. The van der Waals surface area contributed by atoms with Crippen molar-refractivity contribution >= 4 is 33.4 Å². The maximum atomic E-state index is 13.1. The highest BCUT2D eigenvalue weighted by Crippen LogP contribution is 2.40. The second-order valence-electron chi connectivity index (χ2n) is 7.50. The Hall–Kier alpha value is -3.45. The predicted molar refractivity (Wildman–Crippen MR) is 124 cm³/mol. The van der Waals surface area contributed by atoms with Crippen LogP contribution in [0.5, 0.6) is 5.75 Å². The number of carbonyl (C=O) groups excluding carboxylic acids is 2. The molecule has 0 aliphatic carbocycles. The van der Waals surface area contributed by atoms with Crippen LogP contribution in [0.3, 0.4) is 0 Å². The van der Waals surface area contributed by atoms with Gasteiger partial charge in [0.1, 0.15) is 17.6 Å². The number of amides is 1. The molecular formula is C25H21BrN2O4. The molecule has 32 heavy (non-hydrogen) atoms. The van der Waals surface area contributed by atoms with Crippen molar-refractivity contribution in [2.24, 2.45) is 0 Å². The number of aromatic nitrogens is 1. The Morgan fingerprint density at radius 1 is 1.12 bits per heavy atom. The van der Waals surface area contributed by atoms with E-state index in [1.54, 1.807) is 49.7 Å². The average Bonchev–Trinajstić information content (AvgIpc) is 3.06. The van der Waals surface area contributed by atoms with E-state index >= 15 is 0 Å². The second-order valence-corrected chi connectivity index (χ2v) is 8.35. The molecule has 162 valence electrons. The molecule has 0 saturated carbocycles. The highest BCUT2D eigenvalue weighted by atomic mass is 79.9. The number of carbonyl (C=O) groups is 2. The van der Waals surface area contributed by atoms with E-state index in [0.29, 0.717) is 17.0 Å². The number of aliphatic hydroxyl groups is 1. The third-order valence-electron chi connectivity index (χ3n) is 5.43. The second kappa shape index (κ2) is 8.96. The highest BCUT2D eigenvalue weighted by Gasteiger charge is 2.46. The van der Waals surface area contributed by atoms with Crippen LogP contribution in [0.25, 0.3) is 5.76 Å². The number of aliphatic hydroxyl groups excluding tert-OH is 1. The largest absolute Gasteiger partial charge is 0.507 e. The van der Waals surface area contributed by atoms with E-state index in [0.717, 1.165) is 15.6 Å². The van der Waals surface area contributed by atoms with Gasteiger partial charge in [-0.3, -0.25) is 14.6 Å². The molecule has 1 aromatic heterocycles. The Morgan fingerprint density at radius 3 is 2.62 bits per heavy atom. The van der Waals surface area contributed by atoms with Gasteiger partial charge in [-0.05, 0) is 54.4 Å². The zero-order valence-corrected chi connectivity index (χ0v) is 19.2. The van der Waals surface area contributed by atoms with Crippen molar-refractivity contribution in [2.75, 3.05) is 7.11 Å². The number of benzene rings is 2. The van der Waals surface area contributed by atoms with Gasteiger partial charge < -0.3 is 14.7 Å². The molecule has 1 unspecified atom stereocenters. The Kier molecular flexibility index (Phi) is 6.10. The summed E-state index contributed by atoms with van der Waals surface area (Å²) in [5.74, 6) is -0.984. The lowest BCUT2D eigenvalue weighted by Gasteiger charge is -2.24. The normalized spacial score (nSPS) is 17.6. The quantitative estimate of drug-likeness (QED) is 0.314. The first-order chi connectivity index (χ1) is 15.4. The van der Waals surface area contributed by atoms with Crippen molar-refractivity contribution in [1.82, 2.24) is 9.88 Å². The third-order valence-corrected chi connectivity index (χ3v) is 6.32. The number of methoxy groups -OCH3 is 1. The van der Waals surface area contributed by atoms with Crippen LogP contribution in [0.4, 0.5) is 0 Å². The molecule has 0 bridgehead atoms. The molecule has 1 amide bonds. The lowest BCUT2D eigenvalue weighted by atomic mass is 9.97. The first-order valence-corrected chi connectivity index (χ1v) is 10.8. The van der Waals surface area contributed by atoms with E-state index in [-0.39, 0.29) is 17.9 Å². The number of rotatable bonds is 5. The van der Waals surface area contributed by atoms with Crippen molar-refractivity contribution in [3.05, 3.63) is 99.3 Å². The van der Waals surface area contributed by atoms with Gasteiger partial charge in [-0.15, -0.1) is 0 Å². The van der Waals surface area contributed by atoms with E-state index in [4.69, 9.17) is 4.74 Å². The summed E-state index contributed by atoms with van der Waals surface area (Å²) < 4.78 is 6.16. The zero-order valence-electron chi connectivity index (χ0n) is 17.6. The molecule has 0 radical (unpaired) electrons.